The molecule has 0 spiro atoms. The van der Waals surface area contributed by atoms with Gasteiger partial charge in [0.15, 0.2) is 0 Å². The van der Waals surface area contributed by atoms with Gasteiger partial charge in [0.05, 0.1) is 13.0 Å². The number of alkyl halides is 3. The zero-order valence-corrected chi connectivity index (χ0v) is 16.3. The maximum atomic E-state index is 13.9. The maximum absolute atomic E-state index is 13.9. The van der Waals surface area contributed by atoms with E-state index in [1.807, 2.05) is 29.2 Å². The summed E-state index contributed by atoms with van der Waals surface area (Å²) in [6.07, 6.45) is -4.49. The predicted molar refractivity (Wildman–Crippen MR) is 101 cm³/mol. The van der Waals surface area contributed by atoms with E-state index < -0.39 is 23.3 Å². The Balaban J connectivity index is 1.81. The number of hydrogen-bond acceptors (Lipinski definition) is 2. The van der Waals surface area contributed by atoms with Crippen LogP contribution in [-0.2, 0) is 18.5 Å². The van der Waals surface area contributed by atoms with Gasteiger partial charge in [-0.15, -0.1) is 0 Å². The molecular formula is C22H25F4NO. The molecule has 0 N–H and O–H groups in total. The molecule has 0 saturated heterocycles. The lowest BCUT2D eigenvalue weighted by atomic mass is 9.76. The van der Waals surface area contributed by atoms with Crippen LogP contribution in [0, 0.1) is 11.7 Å². The van der Waals surface area contributed by atoms with E-state index in [1.165, 1.54) is 25.3 Å². The predicted octanol–water partition coefficient (Wildman–Crippen LogP) is 5.70. The summed E-state index contributed by atoms with van der Waals surface area (Å²) in [5, 5.41) is 0. The summed E-state index contributed by atoms with van der Waals surface area (Å²) in [5.74, 6) is -1.60. The molecule has 0 aliphatic carbocycles. The number of methoxy groups -OCH3 is 1. The lowest BCUT2D eigenvalue weighted by Crippen LogP contribution is -2.38. The number of nitrogens with zero attached hydrogens (tertiary/aromatic N) is 1. The van der Waals surface area contributed by atoms with Crippen LogP contribution in [0.15, 0.2) is 42.5 Å². The second-order valence-corrected chi connectivity index (χ2v) is 8.11. The number of halogens is 4. The number of benzene rings is 2. The minimum absolute atomic E-state index is 0.0841. The molecule has 152 valence electrons. The molecule has 0 bridgehead atoms. The summed E-state index contributed by atoms with van der Waals surface area (Å²) < 4.78 is 60.7. The second kappa shape index (κ2) is 7.74. The van der Waals surface area contributed by atoms with Crippen molar-refractivity contribution in [3.8, 4) is 5.75 Å². The third kappa shape index (κ3) is 4.49. The zero-order chi connectivity index (χ0) is 20.5. The van der Waals surface area contributed by atoms with Crippen LogP contribution in [0.5, 0.6) is 5.75 Å². The Morgan fingerprint density at radius 2 is 1.64 bits per heavy atom. The Bertz CT molecular complexity index is 807. The Labute approximate surface area is 163 Å². The van der Waals surface area contributed by atoms with Crippen molar-refractivity contribution in [2.24, 2.45) is 5.92 Å². The van der Waals surface area contributed by atoms with E-state index in [0.29, 0.717) is 24.4 Å². The Hall–Kier alpha value is -2.08. The van der Waals surface area contributed by atoms with Gasteiger partial charge in [-0.05, 0) is 41.2 Å². The van der Waals surface area contributed by atoms with E-state index in [-0.39, 0.29) is 13.0 Å². The van der Waals surface area contributed by atoms with Crippen molar-refractivity contribution >= 4 is 0 Å². The van der Waals surface area contributed by atoms with Crippen LogP contribution in [0.1, 0.15) is 37.0 Å². The van der Waals surface area contributed by atoms with Crippen molar-refractivity contribution in [3.05, 3.63) is 65.0 Å². The molecule has 1 heterocycles. The van der Waals surface area contributed by atoms with Gasteiger partial charge in [0.1, 0.15) is 11.6 Å². The van der Waals surface area contributed by atoms with Gasteiger partial charge in [-0.3, -0.25) is 4.90 Å². The second-order valence-electron chi connectivity index (χ2n) is 8.11. The smallest absolute Gasteiger partial charge is 0.393 e. The van der Waals surface area contributed by atoms with Crippen LogP contribution in [0.2, 0.25) is 0 Å². The highest BCUT2D eigenvalue weighted by molar-refractivity contribution is 5.39. The third-order valence-electron chi connectivity index (χ3n) is 5.50. The molecule has 1 atom stereocenters. The molecule has 1 aliphatic rings. The topological polar surface area (TPSA) is 12.5 Å². The quantitative estimate of drug-likeness (QED) is 0.582. The summed E-state index contributed by atoms with van der Waals surface area (Å²) in [6, 6.07) is 11.7. The molecule has 2 nitrogen and oxygen atoms in total. The summed E-state index contributed by atoms with van der Waals surface area (Å²) >= 11 is 0. The number of fused-ring (bicyclic) bond motifs is 1. The maximum Gasteiger partial charge on any atom is 0.393 e. The zero-order valence-electron chi connectivity index (χ0n) is 16.3. The molecule has 0 fully saturated rings. The molecule has 3 rings (SSSR count). The van der Waals surface area contributed by atoms with Gasteiger partial charge >= 0.3 is 6.18 Å². The Kier molecular flexibility index (Phi) is 5.71. The molecule has 0 amide bonds. The fraction of sp³-hybridized carbons (Fsp3) is 0.455. The Morgan fingerprint density at radius 1 is 1.04 bits per heavy atom. The minimum atomic E-state index is -4.34. The average Bonchev–Trinajstić information content (AvgIpc) is 3.02. The fourth-order valence-corrected chi connectivity index (χ4v) is 4.06. The van der Waals surface area contributed by atoms with Crippen molar-refractivity contribution in [1.29, 1.82) is 0 Å². The SMILES string of the molecule is COc1ccc(F)cc1C(C)(C)CC(CN1Cc2ccccc2C1)C(F)(F)F. The van der Waals surface area contributed by atoms with Gasteiger partial charge in [-0.25, -0.2) is 4.39 Å². The van der Waals surface area contributed by atoms with E-state index in [0.717, 1.165) is 11.1 Å². The van der Waals surface area contributed by atoms with Crippen molar-refractivity contribution in [1.82, 2.24) is 4.90 Å². The first-order valence-corrected chi connectivity index (χ1v) is 9.30. The first-order chi connectivity index (χ1) is 13.1. The lowest BCUT2D eigenvalue weighted by molar-refractivity contribution is -0.184. The van der Waals surface area contributed by atoms with Gasteiger partial charge in [0.2, 0.25) is 0 Å². The highest BCUT2D eigenvalue weighted by Gasteiger charge is 2.44. The largest absolute Gasteiger partial charge is 0.496 e. The van der Waals surface area contributed by atoms with E-state index in [2.05, 4.69) is 0 Å². The molecule has 1 unspecified atom stereocenters. The fourth-order valence-electron chi connectivity index (χ4n) is 4.06. The Morgan fingerprint density at radius 3 is 2.18 bits per heavy atom. The van der Waals surface area contributed by atoms with Crippen LogP contribution >= 0.6 is 0 Å². The molecule has 6 heteroatoms. The highest BCUT2D eigenvalue weighted by Crippen LogP contribution is 2.42. The van der Waals surface area contributed by atoms with E-state index in [9.17, 15) is 17.6 Å². The standard InChI is InChI=1S/C22H25F4NO/c1-21(2,19-10-18(23)8-9-20(19)28-3)11-17(22(24,25)26)14-27-12-15-6-4-5-7-16(15)13-27/h4-10,17H,11-14H2,1-3H3. The van der Waals surface area contributed by atoms with Crippen LogP contribution in [0.3, 0.4) is 0 Å². The summed E-state index contributed by atoms with van der Waals surface area (Å²) in [5.41, 5.74) is 1.71. The van der Waals surface area contributed by atoms with E-state index in [1.54, 1.807) is 13.8 Å². The first-order valence-electron chi connectivity index (χ1n) is 9.30. The summed E-state index contributed by atoms with van der Waals surface area (Å²) in [4.78, 5) is 1.84. The van der Waals surface area contributed by atoms with Crippen LogP contribution < -0.4 is 4.74 Å². The molecule has 2 aromatic rings. The van der Waals surface area contributed by atoms with Crippen molar-refractivity contribution in [2.75, 3.05) is 13.7 Å². The molecule has 1 aliphatic heterocycles. The number of hydrogen-bond donors (Lipinski definition) is 0. The van der Waals surface area contributed by atoms with Gasteiger partial charge in [0, 0.05) is 25.2 Å². The van der Waals surface area contributed by atoms with E-state index in [4.69, 9.17) is 4.74 Å². The summed E-state index contributed by atoms with van der Waals surface area (Å²) in [7, 11) is 1.44. The minimum Gasteiger partial charge on any atom is -0.496 e. The third-order valence-corrected chi connectivity index (χ3v) is 5.50. The van der Waals surface area contributed by atoms with Gasteiger partial charge in [-0.1, -0.05) is 38.1 Å². The lowest BCUT2D eigenvalue weighted by Gasteiger charge is -2.34. The normalized spacial score (nSPS) is 16.1. The highest BCUT2D eigenvalue weighted by atomic mass is 19.4. The average molecular weight is 395 g/mol. The van der Waals surface area contributed by atoms with Crippen LogP contribution in [-0.4, -0.2) is 24.7 Å². The van der Waals surface area contributed by atoms with Gasteiger partial charge in [0.25, 0.3) is 0 Å². The van der Waals surface area contributed by atoms with Crippen LogP contribution in [0.4, 0.5) is 17.6 Å². The van der Waals surface area contributed by atoms with E-state index >= 15 is 0 Å². The van der Waals surface area contributed by atoms with Crippen molar-refractivity contribution < 1.29 is 22.3 Å². The van der Waals surface area contributed by atoms with Gasteiger partial charge in [-0.2, -0.15) is 13.2 Å². The number of ether oxygens (including phenoxy) is 1. The summed E-state index contributed by atoms with van der Waals surface area (Å²) in [6.45, 7) is 4.38. The monoisotopic (exact) mass is 395 g/mol. The molecule has 0 aromatic heterocycles. The van der Waals surface area contributed by atoms with Crippen LogP contribution in [0.25, 0.3) is 0 Å². The van der Waals surface area contributed by atoms with Gasteiger partial charge < -0.3 is 4.74 Å². The molecule has 28 heavy (non-hydrogen) atoms. The molecular weight excluding hydrogens is 370 g/mol. The van der Waals surface area contributed by atoms with Crippen molar-refractivity contribution in [2.45, 2.75) is 44.9 Å². The molecule has 2 aromatic carbocycles. The number of rotatable bonds is 6. The molecule has 0 radical (unpaired) electrons. The van der Waals surface area contributed by atoms with Crippen molar-refractivity contribution in [3.63, 3.8) is 0 Å². The first kappa shape index (κ1) is 20.6. The molecule has 0 saturated carbocycles.